The molecule has 0 heterocycles. The van der Waals surface area contributed by atoms with E-state index in [-0.39, 0.29) is 0 Å². The fraction of sp³-hybridized carbons (Fsp3) is 0.588. The van der Waals surface area contributed by atoms with E-state index in [9.17, 15) is 4.79 Å². The molecule has 0 spiro atoms. The molecule has 1 aromatic rings. The van der Waals surface area contributed by atoms with Crippen molar-refractivity contribution in [1.82, 2.24) is 0 Å². The van der Waals surface area contributed by atoms with Crippen LogP contribution < -0.4 is 4.74 Å². The number of carbonyl (C=O) groups excluding carboxylic acids is 1. The lowest BCUT2D eigenvalue weighted by atomic mass is 10.1. The maximum atomic E-state index is 10.8. The van der Waals surface area contributed by atoms with E-state index in [4.69, 9.17) is 4.74 Å². The van der Waals surface area contributed by atoms with Crippen LogP contribution in [0.5, 0.6) is 5.75 Å². The van der Waals surface area contributed by atoms with E-state index >= 15 is 0 Å². The molecule has 1 rings (SSSR count). The molecule has 0 atom stereocenters. The zero-order valence-electron chi connectivity index (χ0n) is 12.5. The first-order valence-electron chi connectivity index (χ1n) is 7.38. The van der Waals surface area contributed by atoms with Gasteiger partial charge in [-0.3, -0.25) is 4.79 Å². The van der Waals surface area contributed by atoms with E-state index in [1.54, 1.807) is 0 Å². The summed E-state index contributed by atoms with van der Waals surface area (Å²) in [6.07, 6.45) is 8.52. The number of hydrogen-bond donors (Lipinski definition) is 0. The van der Waals surface area contributed by atoms with Gasteiger partial charge in [-0.25, -0.2) is 0 Å². The Kier molecular flexibility index (Phi) is 7.24. The molecule has 1 aromatic carbocycles. The third-order valence-corrected chi connectivity index (χ3v) is 3.45. The van der Waals surface area contributed by atoms with Crippen molar-refractivity contribution >= 4 is 6.29 Å². The Balaban J connectivity index is 2.33. The minimum absolute atomic E-state index is 0.754. The fourth-order valence-electron chi connectivity index (χ4n) is 2.16. The first-order chi connectivity index (χ1) is 9.19. The maximum absolute atomic E-state index is 10.8. The highest BCUT2D eigenvalue weighted by atomic mass is 16.5. The third-order valence-electron chi connectivity index (χ3n) is 3.45. The molecular weight excluding hydrogens is 236 g/mol. The summed E-state index contributed by atoms with van der Waals surface area (Å²) < 4.78 is 5.81. The third kappa shape index (κ3) is 5.46. The average molecular weight is 262 g/mol. The van der Waals surface area contributed by atoms with Gasteiger partial charge in [0.05, 0.1) is 6.61 Å². The Labute approximate surface area is 117 Å². The number of rotatable bonds is 9. The van der Waals surface area contributed by atoms with Gasteiger partial charge in [0.25, 0.3) is 0 Å². The molecule has 0 saturated heterocycles. The van der Waals surface area contributed by atoms with Crippen LogP contribution in [-0.2, 0) is 0 Å². The lowest BCUT2D eigenvalue weighted by molar-refractivity contribution is 0.112. The van der Waals surface area contributed by atoms with E-state index in [1.165, 1.54) is 32.1 Å². The van der Waals surface area contributed by atoms with Crippen LogP contribution >= 0.6 is 0 Å². The molecule has 0 aromatic heterocycles. The molecule has 0 fully saturated rings. The quantitative estimate of drug-likeness (QED) is 0.469. The Hall–Kier alpha value is -1.31. The number of ether oxygens (including phenoxy) is 1. The van der Waals surface area contributed by atoms with Gasteiger partial charge in [-0.15, -0.1) is 0 Å². The molecule has 2 heteroatoms. The molecule has 0 aliphatic heterocycles. The Morgan fingerprint density at radius 3 is 2.37 bits per heavy atom. The molecule has 0 unspecified atom stereocenters. The van der Waals surface area contributed by atoms with Gasteiger partial charge in [0.1, 0.15) is 12.0 Å². The van der Waals surface area contributed by atoms with Crippen LogP contribution in [0.1, 0.15) is 66.9 Å². The second-order valence-corrected chi connectivity index (χ2v) is 5.21. The van der Waals surface area contributed by atoms with E-state index in [1.807, 2.05) is 26.0 Å². The van der Waals surface area contributed by atoms with Gasteiger partial charge in [-0.1, -0.05) is 39.0 Å². The highest BCUT2D eigenvalue weighted by Gasteiger charge is 2.04. The van der Waals surface area contributed by atoms with Crippen molar-refractivity contribution in [3.8, 4) is 5.75 Å². The predicted molar refractivity (Wildman–Crippen MR) is 80.2 cm³/mol. The van der Waals surface area contributed by atoms with Crippen molar-refractivity contribution < 1.29 is 9.53 Å². The summed E-state index contributed by atoms with van der Waals surface area (Å²) in [5.41, 5.74) is 2.78. The van der Waals surface area contributed by atoms with Crippen LogP contribution in [0.25, 0.3) is 0 Å². The monoisotopic (exact) mass is 262 g/mol. The number of aldehydes is 1. The average Bonchev–Trinajstić information content (AvgIpc) is 2.41. The van der Waals surface area contributed by atoms with Crippen LogP contribution in [-0.4, -0.2) is 12.9 Å². The van der Waals surface area contributed by atoms with Crippen LogP contribution in [0, 0.1) is 13.8 Å². The predicted octanol–water partition coefficient (Wildman–Crippen LogP) is 4.86. The van der Waals surface area contributed by atoms with Gasteiger partial charge >= 0.3 is 0 Å². The van der Waals surface area contributed by atoms with Crippen LogP contribution in [0.15, 0.2) is 12.1 Å². The normalized spacial score (nSPS) is 10.5. The zero-order valence-corrected chi connectivity index (χ0v) is 12.5. The van der Waals surface area contributed by atoms with Crippen molar-refractivity contribution in [3.05, 3.63) is 28.8 Å². The van der Waals surface area contributed by atoms with Crippen molar-refractivity contribution in [2.24, 2.45) is 0 Å². The zero-order chi connectivity index (χ0) is 14.1. The van der Waals surface area contributed by atoms with E-state index in [0.717, 1.165) is 41.8 Å². The minimum Gasteiger partial charge on any atom is -0.493 e. The molecule has 106 valence electrons. The summed E-state index contributed by atoms with van der Waals surface area (Å²) in [5, 5.41) is 0. The van der Waals surface area contributed by atoms with Gasteiger partial charge in [0.15, 0.2) is 0 Å². The SMILES string of the molecule is CCCCCCCCOc1cc(C)c(C=O)cc1C. The molecule has 0 aliphatic rings. The first-order valence-corrected chi connectivity index (χ1v) is 7.38. The van der Waals surface area contributed by atoms with Gasteiger partial charge in [-0.05, 0) is 43.5 Å². The molecule has 0 bridgehead atoms. The summed E-state index contributed by atoms with van der Waals surface area (Å²) in [5.74, 6) is 0.914. The molecule has 0 amide bonds. The molecule has 2 nitrogen and oxygen atoms in total. The fourth-order valence-corrected chi connectivity index (χ4v) is 2.16. The minimum atomic E-state index is 0.754. The van der Waals surface area contributed by atoms with Crippen LogP contribution in [0.4, 0.5) is 0 Å². The van der Waals surface area contributed by atoms with Gasteiger partial charge in [0, 0.05) is 5.56 Å². The van der Waals surface area contributed by atoms with Crippen LogP contribution in [0.3, 0.4) is 0 Å². The van der Waals surface area contributed by atoms with Crippen molar-refractivity contribution in [3.63, 3.8) is 0 Å². The lowest BCUT2D eigenvalue weighted by Crippen LogP contribution is -2.00. The largest absolute Gasteiger partial charge is 0.493 e. The molecule has 0 N–H and O–H groups in total. The number of aryl methyl sites for hydroxylation is 2. The summed E-state index contributed by atoms with van der Waals surface area (Å²) >= 11 is 0. The highest BCUT2D eigenvalue weighted by molar-refractivity contribution is 5.78. The summed E-state index contributed by atoms with van der Waals surface area (Å²) in [4.78, 5) is 10.8. The molecular formula is C17H26O2. The number of benzene rings is 1. The van der Waals surface area contributed by atoms with Crippen molar-refractivity contribution in [2.45, 2.75) is 59.3 Å². The van der Waals surface area contributed by atoms with Crippen molar-refractivity contribution in [1.29, 1.82) is 0 Å². The van der Waals surface area contributed by atoms with Gasteiger partial charge in [-0.2, -0.15) is 0 Å². The number of carbonyl (C=O) groups is 1. The smallest absolute Gasteiger partial charge is 0.150 e. The second-order valence-electron chi connectivity index (χ2n) is 5.21. The van der Waals surface area contributed by atoms with Gasteiger partial charge < -0.3 is 4.74 Å². The highest BCUT2D eigenvalue weighted by Crippen LogP contribution is 2.22. The lowest BCUT2D eigenvalue weighted by Gasteiger charge is -2.11. The summed E-state index contributed by atoms with van der Waals surface area (Å²) in [6, 6.07) is 3.87. The van der Waals surface area contributed by atoms with E-state index in [2.05, 4.69) is 6.92 Å². The summed E-state index contributed by atoms with van der Waals surface area (Å²) in [7, 11) is 0. The Morgan fingerprint density at radius 2 is 1.68 bits per heavy atom. The molecule has 0 saturated carbocycles. The number of hydrogen-bond acceptors (Lipinski definition) is 2. The molecule has 19 heavy (non-hydrogen) atoms. The first kappa shape index (κ1) is 15.7. The Morgan fingerprint density at radius 1 is 1.00 bits per heavy atom. The number of unbranched alkanes of at least 4 members (excludes halogenated alkanes) is 5. The van der Waals surface area contributed by atoms with Crippen LogP contribution in [0.2, 0.25) is 0 Å². The molecule has 0 aliphatic carbocycles. The maximum Gasteiger partial charge on any atom is 0.150 e. The molecule has 0 radical (unpaired) electrons. The summed E-state index contributed by atoms with van der Waals surface area (Å²) in [6.45, 7) is 6.94. The van der Waals surface area contributed by atoms with Crippen molar-refractivity contribution in [2.75, 3.05) is 6.61 Å². The second kappa shape index (κ2) is 8.73. The Bertz CT molecular complexity index is 396. The standard InChI is InChI=1S/C17H26O2/c1-4-5-6-7-8-9-10-19-17-12-14(2)16(13-18)11-15(17)3/h11-13H,4-10H2,1-3H3. The van der Waals surface area contributed by atoms with E-state index in [0.29, 0.717) is 0 Å². The van der Waals surface area contributed by atoms with Gasteiger partial charge in [0.2, 0.25) is 0 Å². The van der Waals surface area contributed by atoms with E-state index < -0.39 is 0 Å². The topological polar surface area (TPSA) is 26.3 Å².